The fourth-order valence-electron chi connectivity index (χ4n) is 3.56. The predicted octanol–water partition coefficient (Wildman–Crippen LogP) is 7.02. The molecule has 2 aliphatic heterocycles. The van der Waals surface area contributed by atoms with Gasteiger partial charge in [0, 0.05) is 5.92 Å². The summed E-state index contributed by atoms with van der Waals surface area (Å²) in [5, 5.41) is 16.1. The summed E-state index contributed by atoms with van der Waals surface area (Å²) >= 11 is 14.2. The molecular weight excluding hydrogens is 531 g/mol. The van der Waals surface area contributed by atoms with E-state index in [4.69, 9.17) is 38.1 Å². The minimum absolute atomic E-state index is 0.0431. The number of ether oxygens (including phenoxy) is 2. The second-order valence-electron chi connectivity index (χ2n) is 9.90. The zero-order valence-electron chi connectivity index (χ0n) is 21.3. The molecule has 0 radical (unpaired) electrons. The van der Waals surface area contributed by atoms with Crippen LogP contribution in [0.1, 0.15) is 45.7 Å². The molecule has 0 spiro atoms. The molecule has 1 N–H and O–H groups in total. The second kappa shape index (κ2) is 10.9. The zero-order chi connectivity index (χ0) is 26.9. The summed E-state index contributed by atoms with van der Waals surface area (Å²) in [6.07, 6.45) is 1.53. The van der Waals surface area contributed by atoms with E-state index in [1.807, 2.05) is 26.0 Å². The van der Waals surface area contributed by atoms with Crippen LogP contribution in [0.5, 0.6) is 11.5 Å². The summed E-state index contributed by atoms with van der Waals surface area (Å²) in [7, 11) is 0. The first-order valence-corrected chi connectivity index (χ1v) is 13.4. The molecule has 0 fully saturated rings. The van der Waals surface area contributed by atoms with Crippen LogP contribution >= 0.6 is 35.0 Å². The van der Waals surface area contributed by atoms with E-state index in [0.717, 1.165) is 10.8 Å². The first-order chi connectivity index (χ1) is 17.4. The molecule has 0 aromatic heterocycles. The lowest BCUT2D eigenvalue weighted by Gasteiger charge is -2.20. The lowest BCUT2D eigenvalue weighted by molar-refractivity contribution is -0.114. The Bertz CT molecular complexity index is 1310. The van der Waals surface area contributed by atoms with Crippen LogP contribution in [0.3, 0.4) is 0 Å². The number of amidine groups is 2. The van der Waals surface area contributed by atoms with Crippen LogP contribution in [-0.4, -0.2) is 40.2 Å². The molecule has 2 aromatic carbocycles. The Morgan fingerprint density at radius 2 is 1.70 bits per heavy atom. The van der Waals surface area contributed by atoms with Gasteiger partial charge in [0.15, 0.2) is 11.6 Å². The largest absolute Gasteiger partial charge is 0.490 e. The Kier molecular flexibility index (Phi) is 8.02. The molecule has 2 aliphatic rings. The minimum Gasteiger partial charge on any atom is -0.490 e. The molecule has 0 saturated carbocycles. The highest BCUT2D eigenvalue weighted by Gasteiger charge is 2.36. The van der Waals surface area contributed by atoms with Gasteiger partial charge >= 0.3 is 0 Å². The van der Waals surface area contributed by atoms with Gasteiger partial charge in [-0.05, 0) is 58.6 Å². The molecule has 0 aliphatic carbocycles. The number of fused-ring (bicyclic) bond motifs is 1. The average Bonchev–Trinajstić information content (AvgIpc) is 3.25. The van der Waals surface area contributed by atoms with Gasteiger partial charge < -0.3 is 9.47 Å². The van der Waals surface area contributed by atoms with Gasteiger partial charge in [-0.2, -0.15) is 15.1 Å². The summed E-state index contributed by atoms with van der Waals surface area (Å²) in [6.45, 7) is 11.0. The van der Waals surface area contributed by atoms with Gasteiger partial charge in [-0.1, -0.05) is 70.0 Å². The quantitative estimate of drug-likeness (QED) is 0.291. The van der Waals surface area contributed by atoms with Crippen molar-refractivity contribution >= 4 is 63.0 Å². The fourth-order valence-corrected chi connectivity index (χ4v) is 5.07. The molecule has 1 amide bonds. The lowest BCUT2D eigenvalue weighted by Crippen LogP contribution is -2.35. The SMILES string of the molecule is CC(C)C1=NN2C(=N)/C(=C/c3cc(Cl)c(OCCOc4ccc(C(C)(C)C)cc4)c(Cl)c3)C(=O)N=C2S1. The standard InChI is InChI=1S/C27H28Cl2N4O3S/c1-15(2)25-32-33-23(30)19(24(34)31-26(33)37-25)12-16-13-20(28)22(21(29)14-16)36-11-10-35-18-8-6-17(7-9-18)27(3,4)5/h6-9,12-15,30H,10-11H2,1-5H3/b19-12-,30-23?. The maximum absolute atomic E-state index is 12.6. The molecular formula is C27H28Cl2N4O3S. The van der Waals surface area contributed by atoms with Crippen LogP contribution < -0.4 is 9.47 Å². The van der Waals surface area contributed by atoms with Crippen LogP contribution in [0.25, 0.3) is 6.08 Å². The Labute approximate surface area is 231 Å². The van der Waals surface area contributed by atoms with Crippen molar-refractivity contribution in [2.45, 2.75) is 40.0 Å². The zero-order valence-corrected chi connectivity index (χ0v) is 23.6. The summed E-state index contributed by atoms with van der Waals surface area (Å²) in [6, 6.07) is 11.2. The second-order valence-corrected chi connectivity index (χ2v) is 11.7. The van der Waals surface area contributed by atoms with Crippen molar-refractivity contribution in [1.29, 1.82) is 5.41 Å². The summed E-state index contributed by atoms with van der Waals surface area (Å²) in [5.41, 5.74) is 1.96. The monoisotopic (exact) mass is 558 g/mol. The molecule has 194 valence electrons. The van der Waals surface area contributed by atoms with E-state index in [1.54, 1.807) is 12.1 Å². The Morgan fingerprint density at radius 1 is 1.08 bits per heavy atom. The molecule has 2 heterocycles. The van der Waals surface area contributed by atoms with Gasteiger partial charge in [-0.15, -0.1) is 0 Å². The van der Waals surface area contributed by atoms with E-state index in [9.17, 15) is 4.79 Å². The van der Waals surface area contributed by atoms with Crippen molar-refractivity contribution in [3.8, 4) is 11.5 Å². The number of thioether (sulfide) groups is 1. The summed E-state index contributed by atoms with van der Waals surface area (Å²) in [5.74, 6) is 0.688. The van der Waals surface area contributed by atoms with Crippen molar-refractivity contribution in [1.82, 2.24) is 5.01 Å². The third-order valence-electron chi connectivity index (χ3n) is 5.61. The van der Waals surface area contributed by atoms with Gasteiger partial charge in [-0.3, -0.25) is 10.2 Å². The number of hydrogen-bond acceptors (Lipinski definition) is 6. The number of benzene rings is 2. The van der Waals surface area contributed by atoms with Crippen LogP contribution in [0, 0.1) is 11.3 Å². The highest BCUT2D eigenvalue weighted by molar-refractivity contribution is 8.27. The molecule has 4 rings (SSSR count). The van der Waals surface area contributed by atoms with Crippen molar-refractivity contribution in [3.05, 3.63) is 63.1 Å². The summed E-state index contributed by atoms with van der Waals surface area (Å²) in [4.78, 5) is 16.7. The molecule has 0 bridgehead atoms. The van der Waals surface area contributed by atoms with E-state index >= 15 is 0 Å². The first-order valence-electron chi connectivity index (χ1n) is 11.8. The van der Waals surface area contributed by atoms with Crippen LogP contribution in [0.2, 0.25) is 10.0 Å². The van der Waals surface area contributed by atoms with Gasteiger partial charge in [-0.25, -0.2) is 0 Å². The average molecular weight is 560 g/mol. The maximum Gasteiger partial charge on any atom is 0.283 e. The molecule has 37 heavy (non-hydrogen) atoms. The van der Waals surface area contributed by atoms with E-state index < -0.39 is 5.91 Å². The lowest BCUT2D eigenvalue weighted by atomic mass is 9.87. The number of halogens is 2. The molecule has 2 aromatic rings. The van der Waals surface area contributed by atoms with Crippen molar-refractivity contribution in [2.24, 2.45) is 16.0 Å². The van der Waals surface area contributed by atoms with Gasteiger partial charge in [0.25, 0.3) is 5.91 Å². The smallest absolute Gasteiger partial charge is 0.283 e. The van der Waals surface area contributed by atoms with E-state index in [0.29, 0.717) is 23.1 Å². The topological polar surface area (TPSA) is 87.3 Å². The van der Waals surface area contributed by atoms with Gasteiger partial charge in [0.2, 0.25) is 5.17 Å². The number of carbonyl (C=O) groups excluding carboxylic acids is 1. The van der Waals surface area contributed by atoms with Crippen molar-refractivity contribution in [2.75, 3.05) is 13.2 Å². The Balaban J connectivity index is 1.41. The number of carbonyl (C=O) groups is 1. The van der Waals surface area contributed by atoms with E-state index in [1.165, 1.54) is 28.4 Å². The third kappa shape index (κ3) is 6.20. The molecule has 0 unspecified atom stereocenters. The molecule has 7 nitrogen and oxygen atoms in total. The highest BCUT2D eigenvalue weighted by atomic mass is 35.5. The normalized spacial score (nSPS) is 16.8. The van der Waals surface area contributed by atoms with Gasteiger partial charge in [0.1, 0.15) is 24.0 Å². The summed E-state index contributed by atoms with van der Waals surface area (Å²) < 4.78 is 11.5. The first kappa shape index (κ1) is 27.2. The number of rotatable bonds is 7. The van der Waals surface area contributed by atoms with Crippen LogP contribution in [0.15, 0.2) is 52.1 Å². The van der Waals surface area contributed by atoms with Gasteiger partial charge in [0.05, 0.1) is 15.6 Å². The molecule has 0 saturated heterocycles. The van der Waals surface area contributed by atoms with Crippen LogP contribution in [0.4, 0.5) is 0 Å². The number of amides is 1. The molecule has 10 heteroatoms. The van der Waals surface area contributed by atoms with E-state index in [-0.39, 0.29) is 39.4 Å². The van der Waals surface area contributed by atoms with Crippen molar-refractivity contribution in [3.63, 3.8) is 0 Å². The number of nitrogens with zero attached hydrogens (tertiary/aromatic N) is 3. The number of nitrogens with one attached hydrogen (secondary N) is 1. The highest BCUT2D eigenvalue weighted by Crippen LogP contribution is 2.36. The minimum atomic E-state index is -0.510. The van der Waals surface area contributed by atoms with Crippen molar-refractivity contribution < 1.29 is 14.3 Å². The Morgan fingerprint density at radius 3 is 2.30 bits per heavy atom. The predicted molar refractivity (Wildman–Crippen MR) is 152 cm³/mol. The molecule has 0 atom stereocenters. The van der Waals surface area contributed by atoms with Crippen LogP contribution in [-0.2, 0) is 10.2 Å². The maximum atomic E-state index is 12.6. The Hall–Kier alpha value is -2.81. The number of aliphatic imine (C=N–C) groups is 1. The third-order valence-corrected chi connectivity index (χ3v) is 7.38. The number of hydrogen-bond donors (Lipinski definition) is 1. The fraction of sp³-hybridized carbons (Fsp3) is 0.333. The van der Waals surface area contributed by atoms with E-state index in [2.05, 4.69) is 43.0 Å². The number of hydrazone groups is 1.